The number of rotatable bonds is 4. The van der Waals surface area contributed by atoms with E-state index in [4.69, 9.17) is 0 Å². The van der Waals surface area contributed by atoms with E-state index in [9.17, 15) is 23.9 Å². The van der Waals surface area contributed by atoms with Gasteiger partial charge >= 0.3 is 11.7 Å². The summed E-state index contributed by atoms with van der Waals surface area (Å²) in [4.78, 5) is 43.3. The molecule has 0 unspecified atom stereocenters. The van der Waals surface area contributed by atoms with E-state index >= 15 is 0 Å². The van der Waals surface area contributed by atoms with Crippen molar-refractivity contribution < 1.29 is 14.3 Å². The van der Waals surface area contributed by atoms with Crippen molar-refractivity contribution in [3.8, 4) is 11.3 Å². The summed E-state index contributed by atoms with van der Waals surface area (Å²) >= 11 is 0. The first kappa shape index (κ1) is 18.3. The van der Waals surface area contributed by atoms with Gasteiger partial charge in [-0.15, -0.1) is 0 Å². The third-order valence-corrected chi connectivity index (χ3v) is 4.50. The van der Waals surface area contributed by atoms with Crippen LogP contribution in [0.3, 0.4) is 0 Å². The van der Waals surface area contributed by atoms with E-state index in [1.54, 1.807) is 24.3 Å². The quantitative estimate of drug-likeness (QED) is 0.556. The minimum atomic E-state index is -1.34. The van der Waals surface area contributed by atoms with Crippen LogP contribution in [0.25, 0.3) is 22.3 Å². The summed E-state index contributed by atoms with van der Waals surface area (Å²) in [7, 11) is 0. The summed E-state index contributed by atoms with van der Waals surface area (Å²) in [5, 5.41) is 9.45. The molecule has 2 aromatic heterocycles. The molecule has 2 aromatic carbocycles. The molecule has 0 saturated carbocycles. The number of hydrogen-bond acceptors (Lipinski definition) is 4. The molecular weight excluding hydrogens is 377 g/mol. The maximum Gasteiger partial charge on any atom is 0.336 e. The van der Waals surface area contributed by atoms with Gasteiger partial charge in [0.05, 0.1) is 23.2 Å². The second-order valence-corrected chi connectivity index (χ2v) is 6.40. The lowest BCUT2D eigenvalue weighted by Gasteiger charge is -2.12. The number of hydrogen-bond donors (Lipinski definition) is 2. The van der Waals surface area contributed by atoms with Gasteiger partial charge in [0.25, 0.3) is 5.56 Å². The fourth-order valence-corrected chi connectivity index (χ4v) is 3.12. The van der Waals surface area contributed by atoms with Crippen LogP contribution in [0.15, 0.2) is 70.3 Å². The Balaban J connectivity index is 2.05. The number of halogens is 1. The topological polar surface area (TPSA) is 105 Å². The van der Waals surface area contributed by atoms with Crippen LogP contribution in [0, 0.1) is 5.82 Å². The Hall–Kier alpha value is -4.07. The highest BCUT2D eigenvalue weighted by molar-refractivity contribution is 6.02. The van der Waals surface area contributed by atoms with Gasteiger partial charge in [-0.3, -0.25) is 14.3 Å². The number of fused-ring (bicyclic) bond motifs is 1. The maximum absolute atomic E-state index is 13.3. The molecule has 29 heavy (non-hydrogen) atoms. The van der Waals surface area contributed by atoms with Gasteiger partial charge in [-0.2, -0.15) is 0 Å². The molecular formula is C21H14FN3O4. The number of aromatic amines is 1. The van der Waals surface area contributed by atoms with E-state index < -0.39 is 23.0 Å². The molecule has 7 nitrogen and oxygen atoms in total. The molecule has 0 amide bonds. The Labute approximate surface area is 162 Å². The summed E-state index contributed by atoms with van der Waals surface area (Å²) in [5.41, 5.74) is -0.444. The molecule has 4 aromatic rings. The second kappa shape index (κ2) is 7.16. The number of nitrogens with one attached hydrogen (secondary N) is 1. The van der Waals surface area contributed by atoms with Crippen molar-refractivity contribution in [2.75, 3.05) is 0 Å². The van der Waals surface area contributed by atoms with Gasteiger partial charge in [-0.1, -0.05) is 30.3 Å². The van der Waals surface area contributed by atoms with Crippen molar-refractivity contribution in [2.24, 2.45) is 0 Å². The highest BCUT2D eigenvalue weighted by atomic mass is 19.1. The van der Waals surface area contributed by atoms with E-state index in [0.29, 0.717) is 5.56 Å². The Morgan fingerprint density at radius 2 is 1.76 bits per heavy atom. The first-order valence-corrected chi connectivity index (χ1v) is 8.65. The zero-order valence-corrected chi connectivity index (χ0v) is 14.9. The van der Waals surface area contributed by atoms with Crippen LogP contribution in [-0.2, 0) is 6.54 Å². The molecule has 0 fully saturated rings. The number of aromatic carboxylic acids is 1. The van der Waals surface area contributed by atoms with Crippen LogP contribution < -0.4 is 11.2 Å². The summed E-state index contributed by atoms with van der Waals surface area (Å²) < 4.78 is 14.5. The molecule has 0 aliphatic carbocycles. The molecule has 4 rings (SSSR count). The van der Waals surface area contributed by atoms with Crippen LogP contribution in [0.1, 0.15) is 15.9 Å². The Bertz CT molecular complexity index is 1340. The first-order chi connectivity index (χ1) is 13.9. The fourth-order valence-electron chi connectivity index (χ4n) is 3.12. The number of benzene rings is 2. The van der Waals surface area contributed by atoms with Crippen molar-refractivity contribution in [3.63, 3.8) is 0 Å². The standard InChI is InChI=1S/C21H14FN3O4/c22-14-8-6-13(7-9-14)16-10-15(20(27)28)17-18(23-16)25(21(29)24-19(17)26)11-12-4-2-1-3-5-12/h1-10H,11H2,(H,27,28)(H,24,26,29). The van der Waals surface area contributed by atoms with E-state index in [-0.39, 0.29) is 28.8 Å². The average Bonchev–Trinajstić information content (AvgIpc) is 2.71. The lowest BCUT2D eigenvalue weighted by molar-refractivity contribution is 0.0699. The fraction of sp³-hybridized carbons (Fsp3) is 0.0476. The van der Waals surface area contributed by atoms with E-state index in [1.165, 1.54) is 34.9 Å². The number of aromatic nitrogens is 3. The maximum atomic E-state index is 13.3. The highest BCUT2D eigenvalue weighted by Gasteiger charge is 2.19. The monoisotopic (exact) mass is 391 g/mol. The predicted octanol–water partition coefficient (Wildman–Crippen LogP) is 2.64. The van der Waals surface area contributed by atoms with Crippen LogP contribution in [0.5, 0.6) is 0 Å². The van der Waals surface area contributed by atoms with Gasteiger partial charge in [-0.25, -0.2) is 19.0 Å². The van der Waals surface area contributed by atoms with Crippen molar-refractivity contribution >= 4 is 17.0 Å². The smallest absolute Gasteiger partial charge is 0.336 e. The number of H-pyrrole nitrogens is 1. The number of carboxylic acid groups (broad SMARTS) is 1. The highest BCUT2D eigenvalue weighted by Crippen LogP contribution is 2.23. The number of pyridine rings is 1. The molecule has 0 radical (unpaired) electrons. The SMILES string of the molecule is O=C(O)c1cc(-c2ccc(F)cc2)nc2c1c(=O)[nH]c(=O)n2Cc1ccccc1. The van der Waals surface area contributed by atoms with Crippen molar-refractivity contribution in [1.29, 1.82) is 0 Å². The molecule has 0 aliphatic rings. The van der Waals surface area contributed by atoms with Crippen LogP contribution in [-0.4, -0.2) is 25.6 Å². The molecule has 0 spiro atoms. The molecule has 0 atom stereocenters. The average molecular weight is 391 g/mol. The van der Waals surface area contributed by atoms with Gasteiger partial charge in [0.15, 0.2) is 5.65 Å². The normalized spacial score (nSPS) is 10.9. The van der Waals surface area contributed by atoms with Gasteiger partial charge in [0.2, 0.25) is 0 Å². The molecule has 144 valence electrons. The summed E-state index contributed by atoms with van der Waals surface area (Å²) in [6, 6.07) is 15.6. The minimum Gasteiger partial charge on any atom is -0.478 e. The Kier molecular flexibility index (Phi) is 4.52. The third kappa shape index (κ3) is 3.43. The molecule has 2 N–H and O–H groups in total. The molecule has 2 heterocycles. The molecule has 8 heteroatoms. The van der Waals surface area contributed by atoms with Gasteiger partial charge < -0.3 is 5.11 Å². The van der Waals surface area contributed by atoms with Crippen molar-refractivity contribution in [1.82, 2.24) is 14.5 Å². The Morgan fingerprint density at radius 3 is 2.41 bits per heavy atom. The lowest BCUT2D eigenvalue weighted by atomic mass is 10.1. The summed E-state index contributed by atoms with van der Waals surface area (Å²) in [6.45, 7) is 0.0892. The van der Waals surface area contributed by atoms with Gasteiger partial charge in [-0.05, 0) is 35.9 Å². The van der Waals surface area contributed by atoms with E-state index in [2.05, 4.69) is 9.97 Å². The second-order valence-electron chi connectivity index (χ2n) is 6.40. The van der Waals surface area contributed by atoms with E-state index in [0.717, 1.165) is 5.56 Å². The molecule has 0 bridgehead atoms. The predicted molar refractivity (Wildman–Crippen MR) is 105 cm³/mol. The van der Waals surface area contributed by atoms with E-state index in [1.807, 2.05) is 6.07 Å². The number of carbonyl (C=O) groups is 1. The van der Waals surface area contributed by atoms with Crippen molar-refractivity contribution in [3.05, 3.63) is 98.4 Å². The van der Waals surface area contributed by atoms with Crippen LogP contribution >= 0.6 is 0 Å². The minimum absolute atomic E-state index is 0.0539. The molecule has 0 aliphatic heterocycles. The summed E-state index contributed by atoms with van der Waals surface area (Å²) in [6.07, 6.45) is 0. The van der Waals surface area contributed by atoms with Crippen LogP contribution in [0.2, 0.25) is 0 Å². The van der Waals surface area contributed by atoms with Gasteiger partial charge in [0.1, 0.15) is 5.82 Å². The first-order valence-electron chi connectivity index (χ1n) is 8.65. The van der Waals surface area contributed by atoms with Crippen LogP contribution in [0.4, 0.5) is 4.39 Å². The molecule has 0 saturated heterocycles. The number of nitrogens with zero attached hydrogens (tertiary/aromatic N) is 2. The third-order valence-electron chi connectivity index (χ3n) is 4.50. The summed E-state index contributed by atoms with van der Waals surface area (Å²) in [5.74, 6) is -1.79. The van der Waals surface area contributed by atoms with Crippen molar-refractivity contribution in [2.45, 2.75) is 6.54 Å². The Morgan fingerprint density at radius 1 is 1.07 bits per heavy atom. The zero-order valence-electron chi connectivity index (χ0n) is 14.9. The number of carboxylic acids is 1. The zero-order chi connectivity index (χ0) is 20.5. The van der Waals surface area contributed by atoms with Gasteiger partial charge in [0, 0.05) is 5.56 Å². The lowest BCUT2D eigenvalue weighted by Crippen LogP contribution is -2.32. The largest absolute Gasteiger partial charge is 0.478 e.